The summed E-state index contributed by atoms with van der Waals surface area (Å²) >= 11 is 0. The monoisotopic (exact) mass is 390 g/mol. The molecule has 6 heteroatoms. The smallest absolute Gasteiger partial charge is 0.337 e. The number of esters is 1. The topological polar surface area (TPSA) is 66.9 Å². The lowest BCUT2D eigenvalue weighted by Gasteiger charge is -2.28. The van der Waals surface area contributed by atoms with Crippen molar-refractivity contribution in [2.24, 2.45) is 10.8 Å². The number of hydrogen-bond acceptors (Lipinski definition) is 4. The third kappa shape index (κ3) is 6.98. The van der Waals surface area contributed by atoms with Crippen LogP contribution in [0.25, 0.3) is 0 Å². The Hall–Kier alpha value is -2.37. The van der Waals surface area contributed by atoms with E-state index >= 15 is 0 Å². The van der Waals surface area contributed by atoms with Crippen molar-refractivity contribution in [3.05, 3.63) is 34.9 Å². The fourth-order valence-corrected chi connectivity index (χ4v) is 3.12. The zero-order valence-electron chi connectivity index (χ0n) is 18.7. The lowest BCUT2D eigenvalue weighted by Crippen LogP contribution is -2.36. The van der Waals surface area contributed by atoms with Gasteiger partial charge in [-0.25, -0.2) is 4.79 Å². The van der Waals surface area contributed by atoms with E-state index in [1.165, 1.54) is 19.2 Å². The normalized spacial score (nSPS) is 11.8. The fraction of sp³-hybridized carbons (Fsp3) is 0.591. The lowest BCUT2D eigenvalue weighted by molar-refractivity contribution is 0.0600. The zero-order valence-corrected chi connectivity index (χ0v) is 18.7. The molecule has 6 nitrogen and oxygen atoms in total. The molecule has 0 aliphatic carbocycles. The average Bonchev–Trinajstić information content (AvgIpc) is 2.56. The van der Waals surface area contributed by atoms with Crippen molar-refractivity contribution in [2.75, 3.05) is 34.3 Å². The third-order valence-corrected chi connectivity index (χ3v) is 3.96. The SMILES string of the molecule is COC(=O)c1cc(C(=O)N(C)CC(C)(C)C)cc(C(=O)N(C)CC(C)(C)C)c1. The summed E-state index contributed by atoms with van der Waals surface area (Å²) in [4.78, 5) is 41.1. The van der Waals surface area contributed by atoms with E-state index in [9.17, 15) is 14.4 Å². The quantitative estimate of drug-likeness (QED) is 0.719. The van der Waals surface area contributed by atoms with Gasteiger partial charge >= 0.3 is 5.97 Å². The Labute approximate surface area is 168 Å². The summed E-state index contributed by atoms with van der Waals surface area (Å²) in [5.41, 5.74) is 0.626. The van der Waals surface area contributed by atoms with Gasteiger partial charge in [-0.05, 0) is 29.0 Å². The largest absolute Gasteiger partial charge is 0.465 e. The first-order valence-corrected chi connectivity index (χ1v) is 9.39. The lowest BCUT2D eigenvalue weighted by atomic mass is 9.95. The van der Waals surface area contributed by atoms with Crippen LogP contribution in [0.1, 0.15) is 72.6 Å². The van der Waals surface area contributed by atoms with E-state index in [1.807, 2.05) is 41.5 Å². The molecule has 0 spiro atoms. The van der Waals surface area contributed by atoms with E-state index in [4.69, 9.17) is 4.74 Å². The molecule has 0 unspecified atom stereocenters. The minimum atomic E-state index is -0.583. The van der Waals surface area contributed by atoms with E-state index in [-0.39, 0.29) is 28.2 Å². The van der Waals surface area contributed by atoms with Gasteiger partial charge in [-0.15, -0.1) is 0 Å². The van der Waals surface area contributed by atoms with Crippen LogP contribution >= 0.6 is 0 Å². The molecule has 0 saturated carbocycles. The number of ether oxygens (including phenoxy) is 1. The fourth-order valence-electron chi connectivity index (χ4n) is 3.12. The second-order valence-corrected chi connectivity index (χ2v) is 9.73. The van der Waals surface area contributed by atoms with Crippen molar-refractivity contribution in [1.82, 2.24) is 9.80 Å². The van der Waals surface area contributed by atoms with E-state index < -0.39 is 5.97 Å². The first kappa shape index (κ1) is 23.7. The molecule has 0 heterocycles. The molecule has 0 atom stereocenters. The number of amides is 2. The van der Waals surface area contributed by atoms with Crippen molar-refractivity contribution in [1.29, 1.82) is 0 Å². The molecule has 2 amide bonds. The Morgan fingerprint density at radius 2 is 1.07 bits per heavy atom. The van der Waals surface area contributed by atoms with Crippen molar-refractivity contribution >= 4 is 17.8 Å². The molecule has 0 aliphatic rings. The van der Waals surface area contributed by atoms with Crippen molar-refractivity contribution < 1.29 is 19.1 Å². The van der Waals surface area contributed by atoms with Crippen LogP contribution in [-0.4, -0.2) is 61.9 Å². The number of carbonyl (C=O) groups excluding carboxylic acids is 3. The summed E-state index contributed by atoms with van der Waals surface area (Å²) in [7, 11) is 4.70. The molecule has 28 heavy (non-hydrogen) atoms. The molecule has 1 rings (SSSR count). The number of methoxy groups -OCH3 is 1. The number of rotatable bonds is 5. The van der Waals surface area contributed by atoms with Gasteiger partial charge in [-0.3, -0.25) is 9.59 Å². The molecular formula is C22H34N2O4. The molecule has 0 radical (unpaired) electrons. The molecule has 0 aliphatic heterocycles. The predicted octanol–water partition coefficient (Wildman–Crippen LogP) is 3.71. The Morgan fingerprint density at radius 3 is 1.36 bits per heavy atom. The molecule has 0 aromatic heterocycles. The number of hydrogen-bond donors (Lipinski definition) is 0. The van der Waals surface area contributed by atoms with E-state index in [0.29, 0.717) is 24.2 Å². The van der Waals surface area contributed by atoms with Crippen molar-refractivity contribution in [3.63, 3.8) is 0 Å². The van der Waals surface area contributed by atoms with Crippen LogP contribution in [0.2, 0.25) is 0 Å². The van der Waals surface area contributed by atoms with E-state index in [2.05, 4.69) is 0 Å². The molecular weight excluding hydrogens is 356 g/mol. The van der Waals surface area contributed by atoms with Crippen LogP contribution in [0.3, 0.4) is 0 Å². The Bertz CT molecular complexity index is 690. The van der Waals surface area contributed by atoms with Crippen molar-refractivity contribution in [3.8, 4) is 0 Å². The summed E-state index contributed by atoms with van der Waals surface area (Å²) < 4.78 is 4.80. The van der Waals surface area contributed by atoms with Crippen molar-refractivity contribution in [2.45, 2.75) is 41.5 Å². The van der Waals surface area contributed by atoms with E-state index in [1.54, 1.807) is 30.0 Å². The second kappa shape index (κ2) is 8.76. The first-order valence-electron chi connectivity index (χ1n) is 9.39. The van der Waals surface area contributed by atoms with Gasteiger partial charge in [0.05, 0.1) is 12.7 Å². The standard InChI is InChI=1S/C22H34N2O4/c1-21(2,3)13-23(7)18(25)15-10-16(12-17(11-15)20(27)28-9)19(26)24(8)14-22(4,5)6/h10-12H,13-14H2,1-9H3. The maximum atomic E-state index is 12.9. The van der Waals surface area contributed by atoms with Gasteiger partial charge in [0.25, 0.3) is 11.8 Å². The molecule has 0 N–H and O–H groups in total. The highest BCUT2D eigenvalue weighted by atomic mass is 16.5. The Morgan fingerprint density at radius 1 is 0.750 bits per heavy atom. The summed E-state index contributed by atoms with van der Waals surface area (Å²) in [6, 6.07) is 4.51. The minimum Gasteiger partial charge on any atom is -0.465 e. The summed E-state index contributed by atoms with van der Waals surface area (Å²) in [6.07, 6.45) is 0. The minimum absolute atomic E-state index is 0.0735. The Balaban J connectivity index is 3.32. The first-order chi connectivity index (χ1) is 12.6. The van der Waals surface area contributed by atoms with Gasteiger partial charge in [0.15, 0.2) is 0 Å². The molecule has 0 bridgehead atoms. The number of nitrogens with zero attached hydrogens (tertiary/aromatic N) is 2. The summed E-state index contributed by atoms with van der Waals surface area (Å²) in [5.74, 6) is -1.07. The molecule has 1 aromatic rings. The van der Waals surface area contributed by atoms with Crippen LogP contribution in [0.15, 0.2) is 18.2 Å². The van der Waals surface area contributed by atoms with Gasteiger partial charge < -0.3 is 14.5 Å². The van der Waals surface area contributed by atoms with Gasteiger partial charge in [-0.1, -0.05) is 41.5 Å². The van der Waals surface area contributed by atoms with Gasteiger partial charge in [0.2, 0.25) is 0 Å². The highest BCUT2D eigenvalue weighted by Crippen LogP contribution is 2.20. The van der Waals surface area contributed by atoms with E-state index in [0.717, 1.165) is 0 Å². The zero-order chi connectivity index (χ0) is 21.9. The van der Waals surface area contributed by atoms with Crippen LogP contribution in [0.4, 0.5) is 0 Å². The summed E-state index contributed by atoms with van der Waals surface area (Å²) in [6.45, 7) is 13.3. The Kier molecular flexibility index (Phi) is 7.40. The third-order valence-electron chi connectivity index (χ3n) is 3.96. The predicted molar refractivity (Wildman–Crippen MR) is 111 cm³/mol. The molecule has 156 valence electrons. The average molecular weight is 391 g/mol. The molecule has 0 saturated heterocycles. The van der Waals surface area contributed by atoms with Gasteiger partial charge in [-0.2, -0.15) is 0 Å². The van der Waals surface area contributed by atoms with Crippen LogP contribution in [0.5, 0.6) is 0 Å². The van der Waals surface area contributed by atoms with Crippen LogP contribution in [-0.2, 0) is 4.74 Å². The maximum absolute atomic E-state index is 12.9. The van der Waals surface area contributed by atoms with Crippen LogP contribution in [0, 0.1) is 10.8 Å². The maximum Gasteiger partial charge on any atom is 0.337 e. The molecule has 1 aromatic carbocycles. The molecule has 0 fully saturated rings. The highest BCUT2D eigenvalue weighted by Gasteiger charge is 2.24. The number of benzene rings is 1. The highest BCUT2D eigenvalue weighted by molar-refractivity contribution is 6.03. The van der Waals surface area contributed by atoms with Crippen LogP contribution < -0.4 is 0 Å². The van der Waals surface area contributed by atoms with Gasteiger partial charge in [0.1, 0.15) is 0 Å². The second-order valence-electron chi connectivity index (χ2n) is 9.73. The van der Waals surface area contributed by atoms with Gasteiger partial charge in [0, 0.05) is 38.3 Å². The summed E-state index contributed by atoms with van der Waals surface area (Å²) in [5, 5.41) is 0. The number of carbonyl (C=O) groups is 3.